The molecule has 0 saturated carbocycles. The van der Waals surface area contributed by atoms with Gasteiger partial charge in [-0.25, -0.2) is 0 Å². The van der Waals surface area contributed by atoms with E-state index in [0.717, 1.165) is 5.92 Å². The molecule has 0 heteroatoms. The summed E-state index contributed by atoms with van der Waals surface area (Å²) < 4.78 is 0. The molecule has 0 N–H and O–H groups in total. The molecule has 0 aliphatic heterocycles. The average molecular weight is 85.2 g/mol. The van der Waals surface area contributed by atoms with Gasteiger partial charge in [0.1, 0.15) is 0 Å². The normalized spacial score (nSPS) is 10.0. The molecule has 0 heterocycles. The lowest BCUT2D eigenvalue weighted by Gasteiger charge is -1.95. The second-order valence-corrected chi connectivity index (χ2v) is 1.89. The van der Waals surface area contributed by atoms with E-state index in [0.29, 0.717) is 0 Å². The van der Waals surface area contributed by atoms with Gasteiger partial charge in [-0.2, -0.15) is 0 Å². The van der Waals surface area contributed by atoms with Crippen molar-refractivity contribution in [2.45, 2.75) is 27.2 Å². The second-order valence-electron chi connectivity index (χ2n) is 1.89. The Morgan fingerprint density at radius 1 is 1.50 bits per heavy atom. The standard InChI is InChI=1S/C6H13/c1-4-5-6(2)3/h5-6H,4H2,1-3H3. The summed E-state index contributed by atoms with van der Waals surface area (Å²) >= 11 is 0. The van der Waals surface area contributed by atoms with Crippen LogP contribution in [-0.2, 0) is 0 Å². The van der Waals surface area contributed by atoms with Crippen LogP contribution in [0.4, 0.5) is 0 Å². The molecule has 0 fully saturated rings. The fraction of sp³-hybridized carbons (Fsp3) is 0.833. The highest BCUT2D eigenvalue weighted by Gasteiger charge is 1.86. The summed E-state index contributed by atoms with van der Waals surface area (Å²) in [5.41, 5.74) is 0. The largest absolute Gasteiger partial charge is 0.0651 e. The third-order valence-corrected chi connectivity index (χ3v) is 0.707. The first-order chi connectivity index (χ1) is 2.77. The van der Waals surface area contributed by atoms with Crippen molar-refractivity contribution in [1.82, 2.24) is 0 Å². The summed E-state index contributed by atoms with van der Waals surface area (Å²) in [6.07, 6.45) is 3.50. The van der Waals surface area contributed by atoms with Gasteiger partial charge in [0.05, 0.1) is 0 Å². The van der Waals surface area contributed by atoms with Crippen LogP contribution in [0.2, 0.25) is 0 Å². The molecule has 0 spiro atoms. The smallest absolute Gasteiger partial charge is 0.0363 e. The van der Waals surface area contributed by atoms with Crippen LogP contribution >= 0.6 is 0 Å². The zero-order chi connectivity index (χ0) is 4.99. The van der Waals surface area contributed by atoms with Crippen LogP contribution in [0.25, 0.3) is 0 Å². The Hall–Kier alpha value is 0. The first-order valence-electron chi connectivity index (χ1n) is 2.60. The van der Waals surface area contributed by atoms with Crippen LogP contribution in [-0.4, -0.2) is 0 Å². The third kappa shape index (κ3) is 4.00. The van der Waals surface area contributed by atoms with Crippen molar-refractivity contribution in [2.75, 3.05) is 0 Å². The van der Waals surface area contributed by atoms with Crippen LogP contribution in [0.5, 0.6) is 0 Å². The van der Waals surface area contributed by atoms with Crippen LogP contribution in [0.3, 0.4) is 0 Å². The molecule has 0 aliphatic carbocycles. The van der Waals surface area contributed by atoms with Gasteiger partial charge >= 0.3 is 0 Å². The van der Waals surface area contributed by atoms with Gasteiger partial charge in [0.25, 0.3) is 0 Å². The SMILES string of the molecule is CC[CH]C(C)C. The summed E-state index contributed by atoms with van der Waals surface area (Å²) in [7, 11) is 0. The number of hydrogen-bond donors (Lipinski definition) is 0. The molecule has 0 saturated heterocycles. The summed E-state index contributed by atoms with van der Waals surface area (Å²) in [4.78, 5) is 0. The van der Waals surface area contributed by atoms with Gasteiger partial charge in [-0.3, -0.25) is 0 Å². The molecule has 6 heavy (non-hydrogen) atoms. The molecule has 1 radical (unpaired) electrons. The van der Waals surface area contributed by atoms with Crippen LogP contribution < -0.4 is 0 Å². The highest BCUT2D eigenvalue weighted by Crippen LogP contribution is 1.98. The third-order valence-electron chi connectivity index (χ3n) is 0.707. The van der Waals surface area contributed by atoms with Gasteiger partial charge in [-0.05, 0) is 12.3 Å². The van der Waals surface area contributed by atoms with Crippen molar-refractivity contribution in [2.24, 2.45) is 5.92 Å². The Kier molecular flexibility index (Phi) is 3.20. The molecule has 0 amide bonds. The van der Waals surface area contributed by atoms with Gasteiger partial charge in [0.2, 0.25) is 0 Å². The molecule has 0 rings (SSSR count). The average Bonchev–Trinajstić information content (AvgIpc) is 1.35. The van der Waals surface area contributed by atoms with E-state index in [-0.39, 0.29) is 0 Å². The van der Waals surface area contributed by atoms with Crippen LogP contribution in [0.15, 0.2) is 0 Å². The number of hydrogen-bond acceptors (Lipinski definition) is 0. The Morgan fingerprint density at radius 3 is 2.00 bits per heavy atom. The fourth-order valence-electron chi connectivity index (χ4n) is 0.471. The van der Waals surface area contributed by atoms with Crippen molar-refractivity contribution < 1.29 is 0 Å². The molecule has 0 unspecified atom stereocenters. The summed E-state index contributed by atoms with van der Waals surface area (Å²) in [5.74, 6) is 0.773. The maximum Gasteiger partial charge on any atom is -0.0363 e. The minimum atomic E-state index is 0.773. The van der Waals surface area contributed by atoms with E-state index in [9.17, 15) is 0 Å². The highest BCUT2D eigenvalue weighted by atomic mass is 13.9. The molecule has 37 valence electrons. The van der Waals surface area contributed by atoms with Crippen molar-refractivity contribution in [3.05, 3.63) is 6.42 Å². The molecular formula is C6H13. The fourth-order valence-corrected chi connectivity index (χ4v) is 0.471. The van der Waals surface area contributed by atoms with E-state index < -0.39 is 0 Å². The maximum absolute atomic E-state index is 2.29. The van der Waals surface area contributed by atoms with E-state index >= 15 is 0 Å². The van der Waals surface area contributed by atoms with E-state index in [1.165, 1.54) is 6.42 Å². The monoisotopic (exact) mass is 85.1 g/mol. The van der Waals surface area contributed by atoms with E-state index in [4.69, 9.17) is 0 Å². The van der Waals surface area contributed by atoms with E-state index in [1.807, 2.05) is 0 Å². The van der Waals surface area contributed by atoms with E-state index in [2.05, 4.69) is 27.2 Å². The first kappa shape index (κ1) is 6.00. The quantitative estimate of drug-likeness (QED) is 0.482. The Bertz CT molecular complexity index is 21.2. The molecule has 0 aromatic carbocycles. The molecule has 0 aliphatic rings. The zero-order valence-corrected chi connectivity index (χ0v) is 4.86. The predicted octanol–water partition coefficient (Wildman–Crippen LogP) is 2.26. The van der Waals surface area contributed by atoms with Crippen molar-refractivity contribution in [1.29, 1.82) is 0 Å². The second kappa shape index (κ2) is 3.20. The van der Waals surface area contributed by atoms with Gasteiger partial charge in [0, 0.05) is 0 Å². The van der Waals surface area contributed by atoms with Gasteiger partial charge in [-0.15, -0.1) is 0 Å². The summed E-state index contributed by atoms with van der Waals surface area (Å²) in [5, 5.41) is 0. The van der Waals surface area contributed by atoms with Gasteiger partial charge in [0.15, 0.2) is 0 Å². The molecule has 0 aromatic rings. The lowest BCUT2D eigenvalue weighted by Crippen LogP contribution is -1.83. The molecular weight excluding hydrogens is 72.1 g/mol. The van der Waals surface area contributed by atoms with Crippen molar-refractivity contribution >= 4 is 0 Å². The predicted molar refractivity (Wildman–Crippen MR) is 29.4 cm³/mol. The molecule has 0 atom stereocenters. The summed E-state index contributed by atoms with van der Waals surface area (Å²) in [6, 6.07) is 0. The maximum atomic E-state index is 2.29. The molecule has 0 aromatic heterocycles. The van der Waals surface area contributed by atoms with Crippen LogP contribution in [0, 0.1) is 12.3 Å². The molecule has 0 bridgehead atoms. The topological polar surface area (TPSA) is 0 Å². The first-order valence-corrected chi connectivity index (χ1v) is 2.60. The minimum absolute atomic E-state index is 0.773. The molecule has 0 nitrogen and oxygen atoms in total. The van der Waals surface area contributed by atoms with Gasteiger partial charge in [-0.1, -0.05) is 27.2 Å². The van der Waals surface area contributed by atoms with Crippen molar-refractivity contribution in [3.8, 4) is 0 Å². The summed E-state index contributed by atoms with van der Waals surface area (Å²) in [6.45, 7) is 6.56. The zero-order valence-electron chi connectivity index (χ0n) is 4.86. The Balaban J connectivity index is 2.63. The lowest BCUT2D eigenvalue weighted by atomic mass is 10.1. The van der Waals surface area contributed by atoms with E-state index in [1.54, 1.807) is 0 Å². The Morgan fingerprint density at radius 2 is 2.00 bits per heavy atom. The van der Waals surface area contributed by atoms with Crippen molar-refractivity contribution in [3.63, 3.8) is 0 Å². The minimum Gasteiger partial charge on any atom is -0.0651 e. The Labute approximate surface area is 40.6 Å². The highest BCUT2D eigenvalue weighted by molar-refractivity contribution is 4.64. The van der Waals surface area contributed by atoms with Crippen LogP contribution in [0.1, 0.15) is 27.2 Å². The lowest BCUT2D eigenvalue weighted by molar-refractivity contribution is 0.723. The number of rotatable bonds is 2. The van der Waals surface area contributed by atoms with Gasteiger partial charge < -0.3 is 0 Å².